The number of anilines is 2. The molecular formula is C24H25N5OS. The zero-order valence-electron chi connectivity index (χ0n) is 18.1. The average Bonchev–Trinajstić information content (AvgIpc) is 3.19. The molecule has 4 rings (SSSR count). The third-order valence-electron chi connectivity index (χ3n) is 5.16. The smallest absolute Gasteiger partial charge is 0.234 e. The van der Waals surface area contributed by atoms with Crippen LogP contribution in [-0.2, 0) is 4.79 Å². The Morgan fingerprint density at radius 1 is 1.06 bits per heavy atom. The van der Waals surface area contributed by atoms with E-state index in [2.05, 4.69) is 42.3 Å². The largest absolute Gasteiger partial charge is 0.378 e. The Bertz CT molecular complexity index is 1230. The van der Waals surface area contributed by atoms with E-state index < -0.39 is 0 Å². The summed E-state index contributed by atoms with van der Waals surface area (Å²) in [6.45, 7) is 4.20. The maximum atomic E-state index is 12.4. The number of hydrogen-bond donors (Lipinski definition) is 1. The molecule has 0 unspecified atom stereocenters. The molecule has 2 heterocycles. The lowest BCUT2D eigenvalue weighted by atomic mass is 10.0. The molecule has 0 atom stereocenters. The molecule has 0 aliphatic heterocycles. The van der Waals surface area contributed by atoms with Gasteiger partial charge in [0.1, 0.15) is 5.03 Å². The number of aromatic nitrogens is 3. The summed E-state index contributed by atoms with van der Waals surface area (Å²) in [5.41, 5.74) is 7.21. The first kappa shape index (κ1) is 20.9. The maximum absolute atomic E-state index is 12.4. The van der Waals surface area contributed by atoms with Gasteiger partial charge < -0.3 is 10.2 Å². The summed E-state index contributed by atoms with van der Waals surface area (Å²) in [6, 6.07) is 16.1. The minimum Gasteiger partial charge on any atom is -0.378 e. The minimum atomic E-state index is -0.0692. The molecule has 31 heavy (non-hydrogen) atoms. The quantitative estimate of drug-likeness (QED) is 0.444. The lowest BCUT2D eigenvalue weighted by molar-refractivity contribution is -0.113. The lowest BCUT2D eigenvalue weighted by Crippen LogP contribution is -2.14. The lowest BCUT2D eigenvalue weighted by Gasteiger charge is -2.13. The standard InChI is InChI=1S/C24H25N5OS/c1-16-5-6-18(13-17(16)2)21-14-22-24(25-11-12-29(22)27-21)31-15-23(30)26-19-7-9-20(10-8-19)28(3)4/h5-14H,15H2,1-4H3,(H,26,30). The van der Waals surface area contributed by atoms with E-state index in [0.29, 0.717) is 0 Å². The zero-order chi connectivity index (χ0) is 22.0. The number of carbonyl (C=O) groups is 1. The number of nitrogens with one attached hydrogen (secondary N) is 1. The number of thioether (sulfide) groups is 1. The van der Waals surface area contributed by atoms with E-state index in [9.17, 15) is 4.79 Å². The van der Waals surface area contributed by atoms with Crippen molar-refractivity contribution in [2.24, 2.45) is 0 Å². The fraction of sp³-hybridized carbons (Fsp3) is 0.208. The number of hydrogen-bond acceptors (Lipinski definition) is 5. The van der Waals surface area contributed by atoms with Crippen LogP contribution in [0.15, 0.2) is 66.0 Å². The van der Waals surface area contributed by atoms with E-state index in [1.54, 1.807) is 6.20 Å². The number of rotatable bonds is 6. The van der Waals surface area contributed by atoms with Crippen molar-refractivity contribution >= 4 is 34.6 Å². The number of aryl methyl sites for hydroxylation is 2. The van der Waals surface area contributed by atoms with Gasteiger partial charge in [-0.25, -0.2) is 9.50 Å². The Morgan fingerprint density at radius 3 is 2.55 bits per heavy atom. The Kier molecular flexibility index (Phi) is 5.95. The van der Waals surface area contributed by atoms with Gasteiger partial charge in [0.25, 0.3) is 0 Å². The molecule has 0 aliphatic carbocycles. The Labute approximate surface area is 186 Å². The van der Waals surface area contributed by atoms with Crippen molar-refractivity contribution in [1.29, 1.82) is 0 Å². The van der Waals surface area contributed by atoms with Crippen LogP contribution in [0.25, 0.3) is 16.8 Å². The third kappa shape index (κ3) is 4.72. The maximum Gasteiger partial charge on any atom is 0.234 e. The van der Waals surface area contributed by atoms with Crippen molar-refractivity contribution in [2.45, 2.75) is 18.9 Å². The SMILES string of the molecule is Cc1ccc(-c2cc3c(SCC(=O)Nc4ccc(N(C)C)cc4)nccn3n2)cc1C. The molecule has 0 aliphatic rings. The van der Waals surface area contributed by atoms with Crippen LogP contribution in [0.1, 0.15) is 11.1 Å². The first-order chi connectivity index (χ1) is 14.9. The molecule has 2 aromatic heterocycles. The molecule has 1 amide bonds. The van der Waals surface area contributed by atoms with Gasteiger partial charge in [0.15, 0.2) is 0 Å². The van der Waals surface area contributed by atoms with Crippen LogP contribution in [0.4, 0.5) is 11.4 Å². The predicted molar refractivity (Wildman–Crippen MR) is 128 cm³/mol. The fourth-order valence-electron chi connectivity index (χ4n) is 3.23. The van der Waals surface area contributed by atoms with Gasteiger partial charge in [-0.3, -0.25) is 4.79 Å². The van der Waals surface area contributed by atoms with Crippen molar-refractivity contribution in [1.82, 2.24) is 14.6 Å². The molecule has 0 bridgehead atoms. The van der Waals surface area contributed by atoms with Gasteiger partial charge in [-0.1, -0.05) is 23.9 Å². The van der Waals surface area contributed by atoms with Crippen molar-refractivity contribution in [3.05, 3.63) is 72.1 Å². The number of benzene rings is 2. The molecule has 2 aromatic carbocycles. The molecule has 0 fully saturated rings. The number of amides is 1. The van der Waals surface area contributed by atoms with Gasteiger partial charge in [0, 0.05) is 43.4 Å². The second-order valence-electron chi connectivity index (χ2n) is 7.67. The van der Waals surface area contributed by atoms with E-state index in [1.165, 1.54) is 22.9 Å². The first-order valence-electron chi connectivity index (χ1n) is 10.0. The van der Waals surface area contributed by atoms with E-state index in [-0.39, 0.29) is 11.7 Å². The van der Waals surface area contributed by atoms with Crippen molar-refractivity contribution in [2.75, 3.05) is 30.1 Å². The third-order valence-corrected chi connectivity index (χ3v) is 6.16. The minimum absolute atomic E-state index is 0.0692. The Morgan fingerprint density at radius 2 is 1.84 bits per heavy atom. The van der Waals surface area contributed by atoms with Gasteiger partial charge in [-0.2, -0.15) is 5.10 Å². The molecule has 1 N–H and O–H groups in total. The predicted octanol–water partition coefficient (Wildman–Crippen LogP) is 4.81. The van der Waals surface area contributed by atoms with Crippen molar-refractivity contribution < 1.29 is 4.79 Å². The van der Waals surface area contributed by atoms with Crippen LogP contribution in [0, 0.1) is 13.8 Å². The molecule has 0 saturated heterocycles. The summed E-state index contributed by atoms with van der Waals surface area (Å²) < 4.78 is 1.82. The average molecular weight is 432 g/mol. The van der Waals surface area contributed by atoms with Crippen molar-refractivity contribution in [3.63, 3.8) is 0 Å². The summed E-state index contributed by atoms with van der Waals surface area (Å²) in [7, 11) is 3.97. The summed E-state index contributed by atoms with van der Waals surface area (Å²) in [6.07, 6.45) is 3.54. The van der Waals surface area contributed by atoms with E-state index in [4.69, 9.17) is 5.10 Å². The number of carbonyl (C=O) groups excluding carboxylic acids is 1. The van der Waals surface area contributed by atoms with Crippen LogP contribution in [0.2, 0.25) is 0 Å². The van der Waals surface area contributed by atoms with Crippen LogP contribution in [0.3, 0.4) is 0 Å². The molecule has 0 saturated carbocycles. The van der Waals surface area contributed by atoms with Gasteiger partial charge in [0.2, 0.25) is 5.91 Å². The molecular weight excluding hydrogens is 406 g/mol. The summed E-state index contributed by atoms with van der Waals surface area (Å²) >= 11 is 1.41. The number of nitrogens with zero attached hydrogens (tertiary/aromatic N) is 4. The van der Waals surface area contributed by atoms with Crippen LogP contribution >= 0.6 is 11.8 Å². The van der Waals surface area contributed by atoms with E-state index >= 15 is 0 Å². The molecule has 0 radical (unpaired) electrons. The second kappa shape index (κ2) is 8.81. The second-order valence-corrected chi connectivity index (χ2v) is 8.63. The summed E-state index contributed by atoms with van der Waals surface area (Å²) in [5.74, 6) is 0.201. The molecule has 4 aromatic rings. The van der Waals surface area contributed by atoms with Crippen molar-refractivity contribution in [3.8, 4) is 11.3 Å². The van der Waals surface area contributed by atoms with Crippen LogP contribution < -0.4 is 10.2 Å². The fourth-order valence-corrected chi connectivity index (χ4v) is 4.00. The summed E-state index contributed by atoms with van der Waals surface area (Å²) in [5, 5.41) is 8.41. The highest BCUT2D eigenvalue weighted by Crippen LogP contribution is 2.27. The molecule has 6 nitrogen and oxygen atoms in total. The first-order valence-corrected chi connectivity index (χ1v) is 11.0. The highest BCUT2D eigenvalue weighted by Gasteiger charge is 2.12. The van der Waals surface area contributed by atoms with Gasteiger partial charge >= 0.3 is 0 Å². The highest BCUT2D eigenvalue weighted by atomic mass is 32.2. The molecule has 158 valence electrons. The van der Waals surface area contributed by atoms with E-state index in [1.807, 2.05) is 60.0 Å². The van der Waals surface area contributed by atoms with Crippen LogP contribution in [0.5, 0.6) is 0 Å². The monoisotopic (exact) mass is 431 g/mol. The molecule has 7 heteroatoms. The molecule has 0 spiro atoms. The van der Waals surface area contributed by atoms with E-state index in [0.717, 1.165) is 33.2 Å². The topological polar surface area (TPSA) is 62.5 Å². The normalized spacial score (nSPS) is 11.0. The Hall–Kier alpha value is -3.32. The van der Waals surface area contributed by atoms with Gasteiger partial charge in [-0.05, 0) is 61.4 Å². The van der Waals surface area contributed by atoms with Crippen LogP contribution in [-0.4, -0.2) is 40.4 Å². The van der Waals surface area contributed by atoms with Gasteiger partial charge in [0.05, 0.1) is 17.0 Å². The van der Waals surface area contributed by atoms with Gasteiger partial charge in [-0.15, -0.1) is 0 Å². The zero-order valence-corrected chi connectivity index (χ0v) is 18.9. The summed E-state index contributed by atoms with van der Waals surface area (Å²) in [4.78, 5) is 18.9. The number of fused-ring (bicyclic) bond motifs is 1. The Balaban J connectivity index is 1.47. The highest BCUT2D eigenvalue weighted by molar-refractivity contribution is 8.00.